The number of likely N-dealkylation sites (N-methyl/N-ethyl adjacent to an activating group) is 1. The van der Waals surface area contributed by atoms with E-state index in [0.717, 1.165) is 18.1 Å². The molecule has 2 heterocycles. The zero-order valence-electron chi connectivity index (χ0n) is 15.6. The smallest absolute Gasteiger partial charge is 0.226 e. The third-order valence-corrected chi connectivity index (χ3v) is 5.85. The fourth-order valence-corrected chi connectivity index (χ4v) is 3.91. The number of carbonyl (C=O) groups is 1. The van der Waals surface area contributed by atoms with Crippen LogP contribution in [-0.4, -0.2) is 75.0 Å². The molecule has 0 atom stereocenters. The van der Waals surface area contributed by atoms with E-state index >= 15 is 0 Å². The van der Waals surface area contributed by atoms with Crippen molar-refractivity contribution in [2.75, 3.05) is 46.5 Å². The van der Waals surface area contributed by atoms with Crippen LogP contribution in [0.2, 0.25) is 0 Å². The first kappa shape index (κ1) is 19.9. The van der Waals surface area contributed by atoms with E-state index in [0.29, 0.717) is 39.0 Å². The lowest BCUT2D eigenvalue weighted by Gasteiger charge is -2.33. The molecule has 142 valence electrons. The van der Waals surface area contributed by atoms with Crippen LogP contribution in [-0.2, 0) is 21.4 Å². The van der Waals surface area contributed by atoms with Gasteiger partial charge in [0, 0.05) is 32.1 Å². The van der Waals surface area contributed by atoms with Gasteiger partial charge in [-0.1, -0.05) is 0 Å². The highest BCUT2D eigenvalue weighted by Crippen LogP contribution is 2.22. The Balaban J connectivity index is 2.02. The molecule has 1 saturated heterocycles. The number of aryl methyl sites for hydroxylation is 1. The molecular weight excluding hydrogens is 342 g/mol. The number of sulfonamides is 1. The van der Waals surface area contributed by atoms with Crippen molar-refractivity contribution in [1.82, 2.24) is 14.1 Å². The van der Waals surface area contributed by atoms with Crippen molar-refractivity contribution < 1.29 is 17.6 Å². The van der Waals surface area contributed by atoms with E-state index in [2.05, 4.69) is 0 Å². The van der Waals surface area contributed by atoms with Gasteiger partial charge < -0.3 is 14.2 Å². The van der Waals surface area contributed by atoms with Crippen LogP contribution in [0.3, 0.4) is 0 Å². The molecule has 1 fully saturated rings. The van der Waals surface area contributed by atoms with Crippen LogP contribution in [0, 0.1) is 12.8 Å². The maximum Gasteiger partial charge on any atom is 0.226 e. The van der Waals surface area contributed by atoms with Gasteiger partial charge in [0.05, 0.1) is 12.8 Å². The van der Waals surface area contributed by atoms with Crippen LogP contribution >= 0.6 is 0 Å². The van der Waals surface area contributed by atoms with Crippen molar-refractivity contribution in [1.29, 1.82) is 0 Å². The Morgan fingerprint density at radius 2 is 1.88 bits per heavy atom. The van der Waals surface area contributed by atoms with Crippen molar-refractivity contribution in [2.24, 2.45) is 5.92 Å². The molecule has 0 unspecified atom stereocenters. The van der Waals surface area contributed by atoms with E-state index in [-0.39, 0.29) is 11.8 Å². The standard InChI is InChI=1S/C17H29N3O4S/c1-14-5-6-16(24-14)13-19(12-11-18(2)3)17(21)15-7-9-20(10-8-15)25(4,22)23/h5-6,15H,7-13H2,1-4H3. The first-order chi connectivity index (χ1) is 11.7. The molecule has 7 nitrogen and oxygen atoms in total. The minimum absolute atomic E-state index is 0.0871. The van der Waals surface area contributed by atoms with E-state index in [4.69, 9.17) is 4.42 Å². The summed E-state index contributed by atoms with van der Waals surface area (Å²) in [5, 5.41) is 0. The molecule has 0 radical (unpaired) electrons. The molecule has 8 heteroatoms. The first-order valence-corrected chi connectivity index (χ1v) is 10.5. The van der Waals surface area contributed by atoms with Gasteiger partial charge in [0.15, 0.2) is 0 Å². The monoisotopic (exact) mass is 371 g/mol. The summed E-state index contributed by atoms with van der Waals surface area (Å²) in [6.07, 6.45) is 2.36. The maximum absolute atomic E-state index is 13.0. The van der Waals surface area contributed by atoms with Gasteiger partial charge in [-0.15, -0.1) is 0 Å². The van der Waals surface area contributed by atoms with Gasteiger partial charge in [-0.05, 0) is 46.0 Å². The summed E-state index contributed by atoms with van der Waals surface area (Å²) in [5.41, 5.74) is 0. The summed E-state index contributed by atoms with van der Waals surface area (Å²) in [7, 11) is 0.777. The van der Waals surface area contributed by atoms with E-state index in [1.54, 1.807) is 0 Å². The van der Waals surface area contributed by atoms with Gasteiger partial charge in [-0.3, -0.25) is 4.79 Å². The van der Waals surface area contributed by atoms with Gasteiger partial charge in [0.25, 0.3) is 0 Å². The van der Waals surface area contributed by atoms with Crippen LogP contribution in [0.4, 0.5) is 0 Å². The largest absolute Gasteiger partial charge is 0.464 e. The molecule has 0 N–H and O–H groups in total. The number of piperidine rings is 1. The molecule has 25 heavy (non-hydrogen) atoms. The summed E-state index contributed by atoms with van der Waals surface area (Å²) >= 11 is 0. The SMILES string of the molecule is Cc1ccc(CN(CCN(C)C)C(=O)C2CCN(S(C)(=O)=O)CC2)o1. The lowest BCUT2D eigenvalue weighted by molar-refractivity contribution is -0.137. The Hall–Kier alpha value is -1.38. The third-order valence-electron chi connectivity index (χ3n) is 4.54. The number of amides is 1. The number of hydrogen-bond acceptors (Lipinski definition) is 5. The van der Waals surface area contributed by atoms with Crippen molar-refractivity contribution in [3.05, 3.63) is 23.7 Å². The summed E-state index contributed by atoms with van der Waals surface area (Å²) in [4.78, 5) is 16.9. The molecule has 2 rings (SSSR count). The summed E-state index contributed by atoms with van der Waals surface area (Å²) in [5.74, 6) is 1.56. The molecule has 0 bridgehead atoms. The van der Waals surface area contributed by atoms with Crippen LogP contribution in [0.5, 0.6) is 0 Å². The Morgan fingerprint density at radius 3 is 2.36 bits per heavy atom. The molecule has 1 aromatic heterocycles. The summed E-state index contributed by atoms with van der Waals surface area (Å²) < 4.78 is 30.3. The predicted octanol–water partition coefficient (Wildman–Crippen LogP) is 1.15. The Kier molecular flexibility index (Phi) is 6.65. The second-order valence-corrected chi connectivity index (χ2v) is 8.99. The van der Waals surface area contributed by atoms with E-state index in [1.165, 1.54) is 10.6 Å². The number of nitrogens with zero attached hydrogens (tertiary/aromatic N) is 3. The fourth-order valence-electron chi connectivity index (χ4n) is 3.04. The topological polar surface area (TPSA) is 74.1 Å². The van der Waals surface area contributed by atoms with Gasteiger partial charge >= 0.3 is 0 Å². The first-order valence-electron chi connectivity index (χ1n) is 8.61. The van der Waals surface area contributed by atoms with E-state index in [1.807, 2.05) is 43.0 Å². The molecule has 1 aliphatic heterocycles. The zero-order chi connectivity index (χ0) is 18.6. The van der Waals surface area contributed by atoms with Gasteiger partial charge in [0.1, 0.15) is 11.5 Å². The third kappa shape index (κ3) is 5.83. The fraction of sp³-hybridized carbons (Fsp3) is 0.706. The van der Waals surface area contributed by atoms with Crippen LogP contribution in [0.1, 0.15) is 24.4 Å². The molecule has 0 spiro atoms. The van der Waals surface area contributed by atoms with Crippen LogP contribution < -0.4 is 0 Å². The number of rotatable bonds is 7. The lowest BCUT2D eigenvalue weighted by Crippen LogP contribution is -2.45. The van der Waals surface area contributed by atoms with Gasteiger partial charge in [-0.2, -0.15) is 0 Å². The minimum Gasteiger partial charge on any atom is -0.464 e. The lowest BCUT2D eigenvalue weighted by atomic mass is 9.96. The van der Waals surface area contributed by atoms with Crippen LogP contribution in [0.25, 0.3) is 0 Å². The van der Waals surface area contributed by atoms with Gasteiger partial charge in [0.2, 0.25) is 15.9 Å². The molecule has 1 amide bonds. The Labute approximate surface area is 150 Å². The molecule has 0 aromatic carbocycles. The highest BCUT2D eigenvalue weighted by Gasteiger charge is 2.31. The van der Waals surface area contributed by atoms with Crippen molar-refractivity contribution >= 4 is 15.9 Å². The summed E-state index contributed by atoms with van der Waals surface area (Å²) in [6.45, 7) is 4.56. The number of furan rings is 1. The quantitative estimate of drug-likeness (QED) is 0.719. The molecule has 1 aliphatic rings. The molecular formula is C17H29N3O4S. The average molecular weight is 372 g/mol. The molecule has 0 aliphatic carbocycles. The molecule has 1 aromatic rings. The van der Waals surface area contributed by atoms with Crippen molar-refractivity contribution in [3.8, 4) is 0 Å². The average Bonchev–Trinajstić information content (AvgIpc) is 2.95. The van der Waals surface area contributed by atoms with E-state index in [9.17, 15) is 13.2 Å². The van der Waals surface area contributed by atoms with Crippen molar-refractivity contribution in [3.63, 3.8) is 0 Å². The molecule has 0 saturated carbocycles. The Morgan fingerprint density at radius 1 is 1.24 bits per heavy atom. The van der Waals surface area contributed by atoms with E-state index < -0.39 is 10.0 Å². The number of carbonyl (C=O) groups excluding carboxylic acids is 1. The maximum atomic E-state index is 13.0. The minimum atomic E-state index is -3.18. The second-order valence-electron chi connectivity index (χ2n) is 7.01. The highest BCUT2D eigenvalue weighted by molar-refractivity contribution is 7.88. The zero-order valence-corrected chi connectivity index (χ0v) is 16.4. The van der Waals surface area contributed by atoms with Crippen LogP contribution in [0.15, 0.2) is 16.5 Å². The number of hydrogen-bond donors (Lipinski definition) is 0. The Bertz CT molecular complexity index is 676. The summed E-state index contributed by atoms with van der Waals surface area (Å²) in [6, 6.07) is 3.80. The second kappa shape index (κ2) is 8.33. The van der Waals surface area contributed by atoms with Gasteiger partial charge in [-0.25, -0.2) is 12.7 Å². The predicted molar refractivity (Wildman–Crippen MR) is 96.6 cm³/mol. The van der Waals surface area contributed by atoms with Crippen molar-refractivity contribution in [2.45, 2.75) is 26.3 Å². The normalized spacial score (nSPS) is 17.2. The highest BCUT2D eigenvalue weighted by atomic mass is 32.2.